The van der Waals surface area contributed by atoms with Crippen molar-refractivity contribution in [2.45, 2.75) is 39.4 Å². The number of carbonyl (C=O) groups excluding carboxylic acids is 2. The normalized spacial score (nSPS) is 16.2. The first-order chi connectivity index (χ1) is 13.4. The molecule has 8 heteroatoms. The quantitative estimate of drug-likeness (QED) is 0.726. The SMILES string of the molecule is Cc1sc2ncn(CC(=O)N3Cc4ccccc4C[C@H]3C(N)=O)c(=O)c2c1C. The molecule has 1 atom stereocenters. The van der Waals surface area contributed by atoms with Gasteiger partial charge in [-0.25, -0.2) is 4.98 Å². The van der Waals surface area contributed by atoms with E-state index in [0.29, 0.717) is 23.2 Å². The van der Waals surface area contributed by atoms with Crippen molar-refractivity contribution < 1.29 is 9.59 Å². The number of primary amides is 1. The van der Waals surface area contributed by atoms with E-state index in [-0.39, 0.29) is 18.0 Å². The third-order valence-corrected chi connectivity index (χ3v) is 6.47. The van der Waals surface area contributed by atoms with Crippen LogP contribution in [0.2, 0.25) is 0 Å². The van der Waals surface area contributed by atoms with Crippen LogP contribution in [0.3, 0.4) is 0 Å². The average Bonchev–Trinajstić information content (AvgIpc) is 2.97. The fourth-order valence-electron chi connectivity index (χ4n) is 3.66. The molecule has 3 heterocycles. The molecule has 28 heavy (non-hydrogen) atoms. The summed E-state index contributed by atoms with van der Waals surface area (Å²) in [7, 11) is 0. The molecule has 0 unspecified atom stereocenters. The Kier molecular flexibility index (Phi) is 4.50. The molecule has 1 aliphatic rings. The van der Waals surface area contributed by atoms with Gasteiger partial charge >= 0.3 is 0 Å². The van der Waals surface area contributed by atoms with Crippen LogP contribution >= 0.6 is 11.3 Å². The smallest absolute Gasteiger partial charge is 0.262 e. The Bertz CT molecular complexity index is 1160. The van der Waals surface area contributed by atoms with Crippen LogP contribution in [0.1, 0.15) is 21.6 Å². The number of rotatable bonds is 3. The number of nitrogens with zero attached hydrogens (tertiary/aromatic N) is 3. The van der Waals surface area contributed by atoms with Crippen LogP contribution in [0, 0.1) is 13.8 Å². The van der Waals surface area contributed by atoms with Crippen molar-refractivity contribution in [3.8, 4) is 0 Å². The van der Waals surface area contributed by atoms with Crippen molar-refractivity contribution >= 4 is 33.4 Å². The summed E-state index contributed by atoms with van der Waals surface area (Å²) >= 11 is 1.46. The van der Waals surface area contributed by atoms with E-state index < -0.39 is 11.9 Å². The van der Waals surface area contributed by atoms with E-state index in [0.717, 1.165) is 21.6 Å². The molecule has 0 bridgehead atoms. The highest BCUT2D eigenvalue weighted by atomic mass is 32.1. The van der Waals surface area contributed by atoms with Gasteiger partial charge in [-0.2, -0.15) is 0 Å². The number of amides is 2. The van der Waals surface area contributed by atoms with Crippen LogP contribution in [0.5, 0.6) is 0 Å². The lowest BCUT2D eigenvalue weighted by atomic mass is 9.93. The van der Waals surface area contributed by atoms with Gasteiger partial charge in [0.2, 0.25) is 11.8 Å². The van der Waals surface area contributed by atoms with Crippen LogP contribution < -0.4 is 11.3 Å². The largest absolute Gasteiger partial charge is 0.368 e. The van der Waals surface area contributed by atoms with E-state index in [1.54, 1.807) is 0 Å². The second-order valence-corrected chi connectivity index (χ2v) is 8.26. The Balaban J connectivity index is 1.67. The van der Waals surface area contributed by atoms with Gasteiger partial charge in [0.25, 0.3) is 5.56 Å². The Hall–Kier alpha value is -3.00. The zero-order valence-corrected chi connectivity index (χ0v) is 16.5. The fourth-order valence-corrected chi connectivity index (χ4v) is 4.65. The average molecular weight is 396 g/mol. The lowest BCUT2D eigenvalue weighted by Gasteiger charge is -2.35. The van der Waals surface area contributed by atoms with Gasteiger partial charge < -0.3 is 10.6 Å². The minimum Gasteiger partial charge on any atom is -0.368 e. The van der Waals surface area contributed by atoms with Gasteiger partial charge in [-0.1, -0.05) is 24.3 Å². The van der Waals surface area contributed by atoms with Crippen LogP contribution in [-0.4, -0.2) is 32.3 Å². The molecule has 0 fully saturated rings. The number of aromatic nitrogens is 2. The van der Waals surface area contributed by atoms with Gasteiger partial charge in [0.1, 0.15) is 17.4 Å². The lowest BCUT2D eigenvalue weighted by molar-refractivity contribution is -0.141. The summed E-state index contributed by atoms with van der Waals surface area (Å²) in [6.45, 7) is 3.94. The summed E-state index contributed by atoms with van der Waals surface area (Å²) in [6.07, 6.45) is 1.78. The maximum atomic E-state index is 13.0. The molecule has 1 aromatic carbocycles. The summed E-state index contributed by atoms with van der Waals surface area (Å²) in [5.41, 5.74) is 8.21. The number of hydrogen-bond donors (Lipinski definition) is 1. The summed E-state index contributed by atoms with van der Waals surface area (Å²) < 4.78 is 1.31. The second-order valence-electron chi connectivity index (χ2n) is 7.05. The summed E-state index contributed by atoms with van der Waals surface area (Å²) in [6, 6.07) is 6.96. The number of benzene rings is 1. The Morgan fingerprint density at radius 1 is 1.25 bits per heavy atom. The Morgan fingerprint density at radius 3 is 2.68 bits per heavy atom. The summed E-state index contributed by atoms with van der Waals surface area (Å²) in [4.78, 5) is 45.3. The maximum Gasteiger partial charge on any atom is 0.262 e. The molecule has 144 valence electrons. The molecule has 2 aromatic heterocycles. The third-order valence-electron chi connectivity index (χ3n) is 5.36. The van der Waals surface area contributed by atoms with Crippen molar-refractivity contribution in [3.63, 3.8) is 0 Å². The van der Waals surface area contributed by atoms with E-state index in [1.165, 1.54) is 27.1 Å². The number of thiophene rings is 1. The molecule has 0 aliphatic carbocycles. The van der Waals surface area contributed by atoms with Crippen LogP contribution in [0.4, 0.5) is 0 Å². The Morgan fingerprint density at radius 2 is 1.96 bits per heavy atom. The first-order valence-corrected chi connectivity index (χ1v) is 9.79. The molecular weight excluding hydrogens is 376 g/mol. The summed E-state index contributed by atoms with van der Waals surface area (Å²) in [5, 5.41) is 0.549. The third kappa shape index (κ3) is 2.99. The second kappa shape index (κ2) is 6.87. The monoisotopic (exact) mass is 396 g/mol. The first kappa shape index (κ1) is 18.4. The minimum atomic E-state index is -0.722. The highest BCUT2D eigenvalue weighted by Crippen LogP contribution is 2.26. The van der Waals surface area contributed by atoms with Gasteiger partial charge in [0.15, 0.2) is 0 Å². The molecule has 2 N–H and O–H groups in total. The van der Waals surface area contributed by atoms with Gasteiger partial charge in [-0.05, 0) is 30.5 Å². The topological polar surface area (TPSA) is 98.3 Å². The minimum absolute atomic E-state index is 0.179. The van der Waals surface area contributed by atoms with Crippen molar-refractivity contribution in [2.75, 3.05) is 0 Å². The van der Waals surface area contributed by atoms with Crippen LogP contribution in [-0.2, 0) is 29.1 Å². The number of hydrogen-bond acceptors (Lipinski definition) is 5. The molecule has 7 nitrogen and oxygen atoms in total. The van der Waals surface area contributed by atoms with E-state index >= 15 is 0 Å². The predicted octanol–water partition coefficient (Wildman–Crippen LogP) is 1.51. The van der Waals surface area contributed by atoms with E-state index in [2.05, 4.69) is 4.98 Å². The molecular formula is C20H20N4O3S. The van der Waals surface area contributed by atoms with E-state index in [4.69, 9.17) is 5.73 Å². The Labute approximate surface area is 165 Å². The van der Waals surface area contributed by atoms with Gasteiger partial charge in [-0.3, -0.25) is 19.0 Å². The zero-order chi connectivity index (χ0) is 20.0. The zero-order valence-electron chi connectivity index (χ0n) is 15.6. The van der Waals surface area contributed by atoms with Crippen molar-refractivity contribution in [3.05, 3.63) is 62.5 Å². The molecule has 1 aliphatic heterocycles. The van der Waals surface area contributed by atoms with Crippen molar-refractivity contribution in [1.82, 2.24) is 14.5 Å². The molecule has 0 spiro atoms. The summed E-state index contributed by atoms with van der Waals surface area (Å²) in [5.74, 6) is -0.876. The first-order valence-electron chi connectivity index (χ1n) is 8.97. The van der Waals surface area contributed by atoms with Gasteiger partial charge in [-0.15, -0.1) is 11.3 Å². The standard InChI is InChI=1S/C20H20N4O3S/c1-11-12(2)28-19-17(11)20(27)23(10-22-19)9-16(25)24-8-14-6-4-3-5-13(14)7-15(24)18(21)26/h3-6,10,15H,7-9H2,1-2H3,(H2,21,26)/t15-/m0/s1. The molecule has 2 amide bonds. The highest BCUT2D eigenvalue weighted by Gasteiger charge is 2.33. The number of aryl methyl sites for hydroxylation is 2. The lowest BCUT2D eigenvalue weighted by Crippen LogP contribution is -2.52. The molecule has 0 saturated heterocycles. The molecule has 4 rings (SSSR count). The fraction of sp³-hybridized carbons (Fsp3) is 0.300. The van der Waals surface area contributed by atoms with Gasteiger partial charge in [0, 0.05) is 17.8 Å². The van der Waals surface area contributed by atoms with Crippen LogP contribution in [0.15, 0.2) is 35.4 Å². The number of fused-ring (bicyclic) bond motifs is 2. The molecule has 0 radical (unpaired) electrons. The number of nitrogens with two attached hydrogens (primary N) is 1. The van der Waals surface area contributed by atoms with Gasteiger partial charge in [0.05, 0.1) is 11.7 Å². The highest BCUT2D eigenvalue weighted by molar-refractivity contribution is 7.18. The maximum absolute atomic E-state index is 13.0. The molecule has 0 saturated carbocycles. The van der Waals surface area contributed by atoms with Crippen molar-refractivity contribution in [2.24, 2.45) is 5.73 Å². The van der Waals surface area contributed by atoms with E-state index in [1.807, 2.05) is 38.1 Å². The predicted molar refractivity (Wildman–Crippen MR) is 107 cm³/mol. The van der Waals surface area contributed by atoms with E-state index in [9.17, 15) is 14.4 Å². The van der Waals surface area contributed by atoms with Crippen molar-refractivity contribution in [1.29, 1.82) is 0 Å². The number of carbonyl (C=O) groups is 2. The van der Waals surface area contributed by atoms with Crippen LogP contribution in [0.25, 0.3) is 10.2 Å². The molecule has 3 aromatic rings.